The molecular weight excluding hydrogens is 368 g/mol. The maximum atomic E-state index is 10.4. The highest BCUT2D eigenvalue weighted by Crippen LogP contribution is 2.77. The smallest absolute Gasteiger partial charge is 0.0591 e. The van der Waals surface area contributed by atoms with Gasteiger partial charge in [0.2, 0.25) is 0 Å². The van der Waals surface area contributed by atoms with Gasteiger partial charge in [-0.2, -0.15) is 0 Å². The fraction of sp³-hybridized carbons (Fsp3) is 1.00. The van der Waals surface area contributed by atoms with Crippen LogP contribution in [0.2, 0.25) is 0 Å². The van der Waals surface area contributed by atoms with Crippen LogP contribution in [0.3, 0.4) is 0 Å². The quantitative estimate of drug-likeness (QED) is 0.543. The summed E-state index contributed by atoms with van der Waals surface area (Å²) in [4.78, 5) is 0. The first kappa shape index (κ1) is 21.7. The van der Waals surface area contributed by atoms with Gasteiger partial charge in [-0.3, -0.25) is 0 Å². The fourth-order valence-corrected chi connectivity index (χ4v) is 10.0. The second-order valence-corrected chi connectivity index (χ2v) is 14.0. The Kier molecular flexibility index (Phi) is 5.04. The van der Waals surface area contributed by atoms with Gasteiger partial charge in [0.25, 0.3) is 0 Å². The third kappa shape index (κ3) is 3.25. The lowest BCUT2D eigenvalue weighted by atomic mass is 9.41. The predicted molar refractivity (Wildman–Crippen MR) is 123 cm³/mol. The van der Waals surface area contributed by atoms with Crippen molar-refractivity contribution in [2.24, 2.45) is 51.8 Å². The van der Waals surface area contributed by atoms with Crippen LogP contribution in [0, 0.1) is 51.8 Å². The highest BCUT2D eigenvalue weighted by molar-refractivity contribution is 5.18. The molecule has 0 radical (unpaired) electrons. The van der Waals surface area contributed by atoms with Crippen molar-refractivity contribution in [1.82, 2.24) is 0 Å². The molecule has 0 heterocycles. The molecule has 0 unspecified atom stereocenters. The summed E-state index contributed by atoms with van der Waals surface area (Å²) in [5, 5.41) is 20.7. The highest BCUT2D eigenvalue weighted by atomic mass is 16.3. The average Bonchev–Trinajstić information content (AvgIpc) is 3.33. The zero-order valence-electron chi connectivity index (χ0n) is 20.4. The van der Waals surface area contributed by atoms with E-state index in [4.69, 9.17) is 0 Å². The number of fused-ring (bicyclic) bond motifs is 6. The van der Waals surface area contributed by atoms with E-state index in [9.17, 15) is 10.2 Å². The van der Waals surface area contributed by atoms with Gasteiger partial charge in [0, 0.05) is 0 Å². The minimum Gasteiger partial charge on any atom is -0.393 e. The van der Waals surface area contributed by atoms with E-state index in [0.717, 1.165) is 54.8 Å². The second-order valence-electron chi connectivity index (χ2n) is 14.0. The molecular formula is C28H48O2. The van der Waals surface area contributed by atoms with Crippen molar-refractivity contribution >= 4 is 0 Å². The molecule has 2 N–H and O–H groups in total. The molecule has 0 aromatic carbocycles. The Morgan fingerprint density at radius 2 is 1.60 bits per heavy atom. The van der Waals surface area contributed by atoms with Gasteiger partial charge in [0.15, 0.2) is 0 Å². The number of hydrogen-bond donors (Lipinski definition) is 2. The molecule has 2 nitrogen and oxygen atoms in total. The van der Waals surface area contributed by atoms with E-state index in [-0.39, 0.29) is 6.10 Å². The molecule has 5 rings (SSSR count). The van der Waals surface area contributed by atoms with Crippen molar-refractivity contribution in [3.05, 3.63) is 0 Å². The molecule has 5 aliphatic rings. The molecule has 30 heavy (non-hydrogen) atoms. The molecule has 0 aromatic rings. The summed E-state index contributed by atoms with van der Waals surface area (Å²) in [5.74, 6) is 5.15. The van der Waals surface area contributed by atoms with Gasteiger partial charge >= 0.3 is 0 Å². The first-order valence-corrected chi connectivity index (χ1v) is 13.4. The van der Waals surface area contributed by atoms with E-state index in [1.165, 1.54) is 57.8 Å². The lowest BCUT2D eigenvalue weighted by Gasteiger charge is -2.64. The van der Waals surface area contributed by atoms with E-state index < -0.39 is 5.60 Å². The summed E-state index contributed by atoms with van der Waals surface area (Å²) in [5.41, 5.74) is 1.13. The summed E-state index contributed by atoms with van der Waals surface area (Å²) < 4.78 is 0. The zero-order valence-corrected chi connectivity index (χ0v) is 20.4. The molecule has 0 saturated heterocycles. The molecule has 2 heteroatoms. The van der Waals surface area contributed by atoms with Crippen molar-refractivity contribution < 1.29 is 10.2 Å². The Morgan fingerprint density at radius 1 is 0.933 bits per heavy atom. The van der Waals surface area contributed by atoms with Crippen molar-refractivity contribution in [3.8, 4) is 0 Å². The van der Waals surface area contributed by atoms with Crippen LogP contribution in [0.1, 0.15) is 112 Å². The monoisotopic (exact) mass is 416 g/mol. The van der Waals surface area contributed by atoms with E-state index in [1.807, 2.05) is 13.8 Å². The molecule has 0 bridgehead atoms. The highest BCUT2D eigenvalue weighted by Gasteiger charge is 2.69. The van der Waals surface area contributed by atoms with Gasteiger partial charge < -0.3 is 10.2 Å². The number of aliphatic hydroxyl groups excluding tert-OH is 1. The summed E-state index contributed by atoms with van der Waals surface area (Å²) >= 11 is 0. The topological polar surface area (TPSA) is 40.5 Å². The van der Waals surface area contributed by atoms with Gasteiger partial charge in [0.05, 0.1) is 11.7 Å². The van der Waals surface area contributed by atoms with Crippen molar-refractivity contribution in [2.45, 2.75) is 123 Å². The van der Waals surface area contributed by atoms with Crippen LogP contribution in [0.15, 0.2) is 0 Å². The molecule has 5 saturated carbocycles. The lowest BCUT2D eigenvalue weighted by Crippen LogP contribution is -2.57. The number of aliphatic hydroxyl groups is 2. The summed E-state index contributed by atoms with van der Waals surface area (Å²) in [6.45, 7) is 11.8. The largest absolute Gasteiger partial charge is 0.393 e. The van der Waals surface area contributed by atoms with Crippen LogP contribution in [-0.2, 0) is 0 Å². The van der Waals surface area contributed by atoms with Crippen LogP contribution >= 0.6 is 0 Å². The lowest BCUT2D eigenvalue weighted by molar-refractivity contribution is -0.161. The average molecular weight is 417 g/mol. The standard InChI is InChI=1S/C28H48O2/c1-18(8-11-25(2,3)30)21-6-7-22-24-23(10-13-27(21,22)5)26(4)12-9-20(29)16-19(26)17-28(24)14-15-28/h18-24,29-30H,6-17H2,1-5H3/t18-,19-,20+,21-,22+,23+,24+,26+,27-/m1/s1. The molecule has 5 fully saturated rings. The third-order valence-electron chi connectivity index (χ3n) is 11.8. The Balaban J connectivity index is 1.40. The molecule has 0 amide bonds. The maximum absolute atomic E-state index is 10.4. The molecule has 1 spiro atoms. The van der Waals surface area contributed by atoms with E-state index in [2.05, 4.69) is 20.8 Å². The molecule has 5 aliphatic carbocycles. The van der Waals surface area contributed by atoms with Crippen molar-refractivity contribution in [3.63, 3.8) is 0 Å². The van der Waals surface area contributed by atoms with Crippen LogP contribution in [-0.4, -0.2) is 21.9 Å². The zero-order chi connectivity index (χ0) is 21.5. The van der Waals surface area contributed by atoms with Crippen LogP contribution in [0.4, 0.5) is 0 Å². The Morgan fingerprint density at radius 3 is 2.27 bits per heavy atom. The molecule has 0 aromatic heterocycles. The molecule has 0 aliphatic heterocycles. The van der Waals surface area contributed by atoms with Gasteiger partial charge in [-0.05, 0) is 143 Å². The molecule has 9 atom stereocenters. The fourth-order valence-electron chi connectivity index (χ4n) is 10.0. The molecule has 172 valence electrons. The first-order chi connectivity index (χ1) is 14.0. The number of hydrogen-bond acceptors (Lipinski definition) is 2. The van der Waals surface area contributed by atoms with E-state index in [0.29, 0.717) is 16.2 Å². The Labute approximate surface area is 185 Å². The van der Waals surface area contributed by atoms with Crippen LogP contribution in [0.25, 0.3) is 0 Å². The second kappa shape index (κ2) is 6.96. The van der Waals surface area contributed by atoms with Gasteiger partial charge in [-0.1, -0.05) is 20.8 Å². The van der Waals surface area contributed by atoms with Gasteiger partial charge in [0.1, 0.15) is 0 Å². The minimum atomic E-state index is -0.526. The predicted octanol–water partition coefficient (Wildman–Crippen LogP) is 6.58. The normalized spacial score (nSPS) is 50.5. The van der Waals surface area contributed by atoms with Crippen LogP contribution < -0.4 is 0 Å². The Bertz CT molecular complexity index is 660. The van der Waals surface area contributed by atoms with Crippen molar-refractivity contribution in [1.29, 1.82) is 0 Å². The van der Waals surface area contributed by atoms with E-state index in [1.54, 1.807) is 0 Å². The maximum Gasteiger partial charge on any atom is 0.0591 e. The van der Waals surface area contributed by atoms with Crippen LogP contribution in [0.5, 0.6) is 0 Å². The summed E-state index contributed by atoms with van der Waals surface area (Å²) in [7, 11) is 0. The minimum absolute atomic E-state index is 0.0308. The SMILES string of the molecule is C[C@H](CCC(C)(C)O)[C@H]1CC[C@H]2[C@H]3[C@H](CC[C@]12C)[C@@]1(C)CC[C@H](O)C[C@@H]1CC31CC1. The first-order valence-electron chi connectivity index (χ1n) is 13.4. The van der Waals surface area contributed by atoms with Gasteiger partial charge in [-0.15, -0.1) is 0 Å². The Hall–Kier alpha value is -0.0800. The van der Waals surface area contributed by atoms with Gasteiger partial charge in [-0.25, -0.2) is 0 Å². The summed E-state index contributed by atoms with van der Waals surface area (Å²) in [6.07, 6.45) is 15.6. The van der Waals surface area contributed by atoms with E-state index >= 15 is 0 Å². The van der Waals surface area contributed by atoms with Crippen molar-refractivity contribution in [2.75, 3.05) is 0 Å². The number of rotatable bonds is 4. The summed E-state index contributed by atoms with van der Waals surface area (Å²) in [6, 6.07) is 0. The third-order valence-corrected chi connectivity index (χ3v) is 11.8.